The Morgan fingerprint density at radius 1 is 0.657 bits per heavy atom. The van der Waals surface area contributed by atoms with Crippen molar-refractivity contribution in [3.05, 3.63) is 78.6 Å². The molecule has 0 atom stereocenters. The average Bonchev–Trinajstić information content (AvgIpc) is 3.67. The second-order valence-electron chi connectivity index (χ2n) is 9.40. The van der Waals surface area contributed by atoms with Gasteiger partial charge in [0.1, 0.15) is 11.2 Å². The number of furan rings is 1. The number of thiophene rings is 1. The maximum absolute atomic E-state index is 9.25. The average molecular weight is 489 g/mol. The molecule has 3 heterocycles. The lowest BCUT2D eigenvalue weighted by molar-refractivity contribution is 0.00578. The smallest absolute Gasteiger partial charge is 0.456 e. The standard InChI is InChI=1S/C30H25BO3S/c1-29(2)30(3,4)34-31(33-29)20-11-12-21-23-15-18(9-13-25(23)32-26(21)17-20)19-10-14-28-24(16-19)22-7-5-6-8-27(22)35-28/h5-17H,1-4H3/i5D,6D,7D,8D,9D,10D,11D,12D,13D,14D,15D,16D,17D. The molecule has 4 aromatic carbocycles. The van der Waals surface area contributed by atoms with E-state index in [1.54, 1.807) is 27.7 Å². The lowest BCUT2D eigenvalue weighted by atomic mass is 9.79. The fraction of sp³-hybridized carbons (Fsp3) is 0.200. The summed E-state index contributed by atoms with van der Waals surface area (Å²) in [4.78, 5) is 0. The highest BCUT2D eigenvalue weighted by Crippen LogP contribution is 2.39. The minimum atomic E-state index is -1.19. The molecule has 172 valence electrons. The predicted octanol–water partition coefficient (Wildman–Crippen LogP) is 7.92. The molecular weight excluding hydrogens is 451 g/mol. The van der Waals surface area contributed by atoms with Crippen LogP contribution < -0.4 is 5.46 Å². The van der Waals surface area contributed by atoms with E-state index in [9.17, 15) is 2.74 Å². The molecule has 2 aromatic heterocycles. The van der Waals surface area contributed by atoms with Crippen LogP contribution in [0, 0.1) is 0 Å². The normalized spacial score (nSPS) is 22.5. The number of rotatable bonds is 2. The van der Waals surface area contributed by atoms with E-state index in [0.717, 1.165) is 11.3 Å². The maximum Gasteiger partial charge on any atom is 0.494 e. The summed E-state index contributed by atoms with van der Waals surface area (Å²) in [5.41, 5.74) is -3.03. The van der Waals surface area contributed by atoms with E-state index in [2.05, 4.69) is 0 Å². The van der Waals surface area contributed by atoms with E-state index in [1.807, 2.05) is 0 Å². The third-order valence-electron chi connectivity index (χ3n) is 6.65. The molecule has 5 heteroatoms. The minimum Gasteiger partial charge on any atom is -0.456 e. The van der Waals surface area contributed by atoms with Crippen molar-refractivity contribution in [2.75, 3.05) is 0 Å². The lowest BCUT2D eigenvalue weighted by Gasteiger charge is -2.32. The van der Waals surface area contributed by atoms with Crippen LogP contribution >= 0.6 is 11.3 Å². The van der Waals surface area contributed by atoms with Crippen molar-refractivity contribution in [3.63, 3.8) is 0 Å². The van der Waals surface area contributed by atoms with Crippen LogP contribution in [0.15, 0.2) is 83.0 Å². The van der Waals surface area contributed by atoms with Crippen LogP contribution in [0.2, 0.25) is 0 Å². The van der Waals surface area contributed by atoms with Gasteiger partial charge in [0, 0.05) is 30.9 Å². The molecule has 6 aromatic rings. The SMILES string of the molecule is [2H]c1c(-c2c([2H])c([2H])c3sc4c([2H])c([2H])c([2H])c([2H])c4c3c2[2H])c([2H])c2c(oc3c([2H])c(B4OC(C)(C)C(C)(C)O4)c([2H])c([2H])c32)c1[2H]. The van der Waals surface area contributed by atoms with E-state index in [0.29, 0.717) is 0 Å². The van der Waals surface area contributed by atoms with Crippen molar-refractivity contribution >= 4 is 66.0 Å². The van der Waals surface area contributed by atoms with Crippen molar-refractivity contribution < 1.29 is 31.5 Å². The van der Waals surface area contributed by atoms with Crippen LogP contribution in [0.4, 0.5) is 0 Å². The molecular formula is C30H25BO3S. The zero-order valence-corrected chi connectivity index (χ0v) is 20.0. The van der Waals surface area contributed by atoms with Gasteiger partial charge in [-0.2, -0.15) is 0 Å². The van der Waals surface area contributed by atoms with Gasteiger partial charge in [-0.05, 0) is 80.5 Å². The summed E-state index contributed by atoms with van der Waals surface area (Å²) in [6, 6.07) is -6.23. The maximum atomic E-state index is 9.25. The summed E-state index contributed by atoms with van der Waals surface area (Å²) in [7, 11) is -1.19. The highest BCUT2D eigenvalue weighted by atomic mass is 32.1. The zero-order chi connectivity index (χ0) is 35.3. The molecule has 35 heavy (non-hydrogen) atoms. The summed E-state index contributed by atoms with van der Waals surface area (Å²) in [5, 5.41) is -0.409. The Morgan fingerprint density at radius 2 is 1.34 bits per heavy atom. The van der Waals surface area contributed by atoms with Crippen LogP contribution in [0.25, 0.3) is 53.2 Å². The molecule has 1 aliphatic rings. The van der Waals surface area contributed by atoms with Gasteiger partial charge in [0.05, 0.1) is 29.0 Å². The van der Waals surface area contributed by atoms with Crippen molar-refractivity contribution in [3.8, 4) is 11.1 Å². The Hall–Kier alpha value is -3.12. The van der Waals surface area contributed by atoms with E-state index in [-0.39, 0.29) is 65.2 Å². The minimum absolute atomic E-state index is 0.0267. The van der Waals surface area contributed by atoms with Crippen LogP contribution in [-0.4, -0.2) is 18.3 Å². The van der Waals surface area contributed by atoms with Crippen LogP contribution in [0.5, 0.6) is 0 Å². The topological polar surface area (TPSA) is 31.6 Å². The number of benzene rings is 4. The molecule has 0 spiro atoms. The van der Waals surface area contributed by atoms with Crippen LogP contribution in [0.3, 0.4) is 0 Å². The fourth-order valence-electron chi connectivity index (χ4n) is 4.04. The van der Waals surface area contributed by atoms with Gasteiger partial charge in [-0.3, -0.25) is 0 Å². The first kappa shape index (κ1) is 11.7. The van der Waals surface area contributed by atoms with E-state index in [4.69, 9.17) is 28.8 Å². The number of hydrogen-bond acceptors (Lipinski definition) is 4. The van der Waals surface area contributed by atoms with Gasteiger partial charge in [-0.15, -0.1) is 11.3 Å². The third kappa shape index (κ3) is 3.19. The second kappa shape index (κ2) is 7.20. The molecule has 7 rings (SSSR count). The van der Waals surface area contributed by atoms with Gasteiger partial charge in [0.2, 0.25) is 0 Å². The second-order valence-corrected chi connectivity index (χ2v) is 10.4. The van der Waals surface area contributed by atoms with Gasteiger partial charge < -0.3 is 13.7 Å². The monoisotopic (exact) mass is 489 g/mol. The molecule has 1 saturated heterocycles. The van der Waals surface area contributed by atoms with Crippen molar-refractivity contribution in [1.82, 2.24) is 0 Å². The molecule has 0 N–H and O–H groups in total. The Kier molecular flexibility index (Phi) is 2.42. The summed E-state index contributed by atoms with van der Waals surface area (Å²) < 4.78 is 132. The summed E-state index contributed by atoms with van der Waals surface area (Å²) in [6.07, 6.45) is 0. The first-order valence-electron chi connectivity index (χ1n) is 17.5. The van der Waals surface area contributed by atoms with Crippen molar-refractivity contribution in [1.29, 1.82) is 0 Å². The summed E-state index contributed by atoms with van der Waals surface area (Å²) in [6.45, 7) is 7.19. The third-order valence-corrected chi connectivity index (χ3v) is 7.67. The van der Waals surface area contributed by atoms with Gasteiger partial charge >= 0.3 is 7.12 Å². The molecule has 1 aliphatic heterocycles. The summed E-state index contributed by atoms with van der Waals surface area (Å²) >= 11 is 0.847. The molecule has 0 bridgehead atoms. The molecule has 0 amide bonds. The molecule has 0 radical (unpaired) electrons. The largest absolute Gasteiger partial charge is 0.494 e. The predicted molar refractivity (Wildman–Crippen MR) is 148 cm³/mol. The number of fused-ring (bicyclic) bond motifs is 6. The molecule has 0 aliphatic carbocycles. The Bertz CT molecular complexity index is 2450. The molecule has 0 unspecified atom stereocenters. The quantitative estimate of drug-likeness (QED) is 0.232. The first-order valence-corrected chi connectivity index (χ1v) is 11.8. The van der Waals surface area contributed by atoms with Gasteiger partial charge in [-0.1, -0.05) is 42.3 Å². The van der Waals surface area contributed by atoms with Gasteiger partial charge in [-0.25, -0.2) is 0 Å². The fourth-order valence-corrected chi connectivity index (χ4v) is 4.96. The highest BCUT2D eigenvalue weighted by molar-refractivity contribution is 7.25. The van der Waals surface area contributed by atoms with E-state index >= 15 is 0 Å². The van der Waals surface area contributed by atoms with Crippen molar-refractivity contribution in [2.24, 2.45) is 0 Å². The lowest BCUT2D eigenvalue weighted by Crippen LogP contribution is -2.41. The van der Waals surface area contributed by atoms with Gasteiger partial charge in [0.25, 0.3) is 0 Å². The highest BCUT2D eigenvalue weighted by Gasteiger charge is 2.51. The Balaban J connectivity index is 1.58. The zero-order valence-electron chi connectivity index (χ0n) is 32.2. The van der Waals surface area contributed by atoms with E-state index in [1.165, 1.54) is 0 Å². The summed E-state index contributed by atoms with van der Waals surface area (Å²) in [5.74, 6) is 0. The molecule has 1 fully saturated rings. The Labute approximate surface area is 226 Å². The van der Waals surface area contributed by atoms with Crippen LogP contribution in [0.1, 0.15) is 45.5 Å². The van der Waals surface area contributed by atoms with Gasteiger partial charge in [0.15, 0.2) is 0 Å². The Morgan fingerprint density at radius 3 is 2.14 bits per heavy atom. The van der Waals surface area contributed by atoms with Crippen molar-refractivity contribution in [2.45, 2.75) is 38.9 Å². The molecule has 0 saturated carbocycles. The first-order chi connectivity index (χ1) is 22.2. The molecule has 3 nitrogen and oxygen atoms in total. The van der Waals surface area contributed by atoms with Crippen LogP contribution in [-0.2, 0) is 9.31 Å². The number of hydrogen-bond donors (Lipinski definition) is 0. The van der Waals surface area contributed by atoms with E-state index < -0.39 is 90.4 Å².